The normalized spacial score (nSPS) is 13.7. The fourth-order valence-corrected chi connectivity index (χ4v) is 5.15. The minimum absolute atomic E-state index is 0.133. The van der Waals surface area contributed by atoms with Crippen LogP contribution in [0.3, 0.4) is 0 Å². The molecule has 0 aliphatic carbocycles. The third kappa shape index (κ3) is 8.71. The molecule has 0 unspecified atom stereocenters. The summed E-state index contributed by atoms with van der Waals surface area (Å²) >= 11 is 6.33. The summed E-state index contributed by atoms with van der Waals surface area (Å²) in [6.45, 7) is 7.46. The number of rotatable bonds is 15. The van der Waals surface area contributed by atoms with Gasteiger partial charge in [-0.25, -0.2) is 9.69 Å². The molecule has 0 atom stereocenters. The van der Waals surface area contributed by atoms with Gasteiger partial charge in [0.25, 0.3) is 11.8 Å². The van der Waals surface area contributed by atoms with Crippen molar-refractivity contribution in [2.75, 3.05) is 24.7 Å². The lowest BCUT2D eigenvalue weighted by atomic mass is 10.1. The van der Waals surface area contributed by atoms with Gasteiger partial charge >= 0.3 is 6.03 Å². The summed E-state index contributed by atoms with van der Waals surface area (Å²) in [5.74, 6) is 0.708. The molecule has 1 saturated heterocycles. The topological polar surface area (TPSA) is 113 Å². The fraction of sp³-hybridized carbons (Fsp3) is 0.237. The molecule has 4 amide bonds. The van der Waals surface area contributed by atoms with Gasteiger partial charge < -0.3 is 23.7 Å². The molecule has 1 aliphatic rings. The first kappa shape index (κ1) is 34.8. The maximum Gasteiger partial charge on any atom is 0.335 e. The van der Waals surface area contributed by atoms with Crippen LogP contribution in [-0.2, 0) is 22.8 Å². The van der Waals surface area contributed by atoms with Gasteiger partial charge in [0.2, 0.25) is 0 Å². The number of carbonyl (C=O) groups is 3. The molecule has 4 aromatic rings. The van der Waals surface area contributed by atoms with Gasteiger partial charge in [-0.3, -0.25) is 14.9 Å². The third-order valence-electron chi connectivity index (χ3n) is 7.26. The number of benzene rings is 4. The number of urea groups is 1. The predicted molar refractivity (Wildman–Crippen MR) is 187 cm³/mol. The van der Waals surface area contributed by atoms with Crippen molar-refractivity contribution >= 4 is 41.2 Å². The lowest BCUT2D eigenvalue weighted by Gasteiger charge is -2.27. The molecule has 1 aliphatic heterocycles. The van der Waals surface area contributed by atoms with Gasteiger partial charge in [0.1, 0.15) is 24.5 Å². The largest absolute Gasteiger partial charge is 0.490 e. The van der Waals surface area contributed by atoms with Crippen LogP contribution in [0.1, 0.15) is 43.9 Å². The van der Waals surface area contributed by atoms with E-state index in [1.54, 1.807) is 30.3 Å². The summed E-state index contributed by atoms with van der Waals surface area (Å²) in [4.78, 5) is 40.5. The highest BCUT2D eigenvalue weighted by Gasteiger charge is 2.37. The van der Waals surface area contributed by atoms with Gasteiger partial charge in [-0.15, -0.1) is 0 Å². The van der Waals surface area contributed by atoms with Crippen molar-refractivity contribution in [3.05, 3.63) is 112 Å². The molecule has 5 rings (SSSR count). The Kier molecular flexibility index (Phi) is 11.8. The summed E-state index contributed by atoms with van der Waals surface area (Å²) in [5.41, 5.74) is 2.12. The van der Waals surface area contributed by atoms with Crippen LogP contribution in [0.4, 0.5) is 10.5 Å². The quantitative estimate of drug-likeness (QED) is 0.0999. The van der Waals surface area contributed by atoms with Crippen LogP contribution in [0.15, 0.2) is 90.5 Å². The Morgan fingerprint density at radius 1 is 0.673 bits per heavy atom. The number of nitrogens with zero attached hydrogens (tertiary/aromatic N) is 1. The van der Waals surface area contributed by atoms with Crippen LogP contribution in [0.2, 0.25) is 5.02 Å². The molecular weight excluding hydrogens is 648 g/mol. The second-order valence-electron chi connectivity index (χ2n) is 10.8. The summed E-state index contributed by atoms with van der Waals surface area (Å²) < 4.78 is 29.5. The van der Waals surface area contributed by atoms with Crippen LogP contribution in [0.25, 0.3) is 6.08 Å². The first-order valence-corrected chi connectivity index (χ1v) is 16.3. The fourth-order valence-electron chi connectivity index (χ4n) is 4.97. The van der Waals surface area contributed by atoms with Crippen molar-refractivity contribution in [1.82, 2.24) is 5.32 Å². The molecule has 49 heavy (non-hydrogen) atoms. The average molecular weight is 685 g/mol. The number of anilines is 1. The molecular formula is C38H37ClN2O8. The number of hydrogen-bond acceptors (Lipinski definition) is 8. The maximum absolute atomic E-state index is 13.7. The van der Waals surface area contributed by atoms with E-state index in [2.05, 4.69) is 5.32 Å². The maximum atomic E-state index is 13.7. The number of hydrogen-bond donors (Lipinski definition) is 1. The van der Waals surface area contributed by atoms with Crippen molar-refractivity contribution < 1.29 is 38.1 Å². The summed E-state index contributed by atoms with van der Waals surface area (Å²) in [7, 11) is 0. The van der Waals surface area contributed by atoms with E-state index in [9.17, 15) is 14.4 Å². The molecule has 1 N–H and O–H groups in total. The summed E-state index contributed by atoms with van der Waals surface area (Å²) in [6, 6.07) is 24.1. The van der Waals surface area contributed by atoms with Gasteiger partial charge in [-0.1, -0.05) is 54.9 Å². The molecule has 1 fully saturated rings. The van der Waals surface area contributed by atoms with E-state index in [1.807, 2.05) is 69.3 Å². The summed E-state index contributed by atoms with van der Waals surface area (Å²) in [6.07, 6.45) is 2.14. The number of carbonyl (C=O) groups excluding carboxylic acids is 3. The van der Waals surface area contributed by atoms with Crippen LogP contribution in [0.5, 0.6) is 28.7 Å². The second-order valence-corrected chi connectivity index (χ2v) is 11.3. The first-order valence-electron chi connectivity index (χ1n) is 16.0. The number of ether oxygens (including phenoxy) is 5. The standard InChI is InChI=1S/C38H37ClN2O8/c1-4-18-47-32-17-14-29(22-35(32)46-6-3)41-37(43)30(36(42)40-38(41)44)21-27-20-28(39)13-16-31(27)48-24-26-12-15-33(34(19-26)45-5-2)49-23-25-10-8-7-9-11-25/h7-17,19-22H,4-6,18,23-24H2,1-3H3,(H,40,42,44)/b30-21+. The highest BCUT2D eigenvalue weighted by Crippen LogP contribution is 2.35. The van der Waals surface area contributed by atoms with E-state index in [0.717, 1.165) is 22.4 Å². The summed E-state index contributed by atoms with van der Waals surface area (Å²) in [5, 5.41) is 2.61. The zero-order valence-electron chi connectivity index (χ0n) is 27.5. The van der Waals surface area contributed by atoms with E-state index in [1.165, 1.54) is 12.1 Å². The molecule has 11 heteroatoms. The average Bonchev–Trinajstić information content (AvgIpc) is 3.09. The van der Waals surface area contributed by atoms with Gasteiger partial charge in [0, 0.05) is 16.7 Å². The smallest absolute Gasteiger partial charge is 0.335 e. The van der Waals surface area contributed by atoms with E-state index < -0.39 is 17.8 Å². The highest BCUT2D eigenvalue weighted by molar-refractivity contribution is 6.39. The molecule has 1 heterocycles. The van der Waals surface area contributed by atoms with Crippen molar-refractivity contribution in [3.63, 3.8) is 0 Å². The highest BCUT2D eigenvalue weighted by atomic mass is 35.5. The number of imide groups is 2. The minimum Gasteiger partial charge on any atom is -0.490 e. The Morgan fingerprint density at radius 3 is 2.06 bits per heavy atom. The van der Waals surface area contributed by atoms with Gasteiger partial charge in [-0.2, -0.15) is 0 Å². The van der Waals surface area contributed by atoms with Crippen molar-refractivity contribution in [1.29, 1.82) is 0 Å². The van der Waals surface area contributed by atoms with Crippen molar-refractivity contribution in [2.24, 2.45) is 0 Å². The Balaban J connectivity index is 1.38. The number of nitrogens with one attached hydrogen (secondary N) is 1. The molecule has 10 nitrogen and oxygen atoms in total. The first-order chi connectivity index (χ1) is 23.8. The van der Waals surface area contributed by atoms with Gasteiger partial charge in [0.15, 0.2) is 23.0 Å². The van der Waals surface area contributed by atoms with E-state index >= 15 is 0 Å². The molecule has 0 bridgehead atoms. The molecule has 0 aromatic heterocycles. The third-order valence-corrected chi connectivity index (χ3v) is 7.49. The molecule has 4 aromatic carbocycles. The van der Waals surface area contributed by atoms with E-state index in [0.29, 0.717) is 65.8 Å². The zero-order valence-corrected chi connectivity index (χ0v) is 28.2. The molecule has 0 radical (unpaired) electrons. The molecule has 0 saturated carbocycles. The SMILES string of the molecule is CCCOc1ccc(N2C(=O)NC(=O)/C(=C\c3cc(Cl)ccc3OCc3ccc(OCc4ccccc4)c(OCC)c3)C2=O)cc1OCC. The van der Waals surface area contributed by atoms with Crippen LogP contribution in [0, 0.1) is 0 Å². The van der Waals surface area contributed by atoms with Gasteiger partial charge in [-0.05, 0) is 79.9 Å². The van der Waals surface area contributed by atoms with Gasteiger partial charge in [0.05, 0.1) is 25.5 Å². The number of barbiturate groups is 1. The number of amides is 4. The molecule has 0 spiro atoms. The van der Waals surface area contributed by atoms with E-state index in [4.69, 9.17) is 35.3 Å². The Labute approximate surface area is 290 Å². The minimum atomic E-state index is -0.888. The van der Waals surface area contributed by atoms with Crippen LogP contribution in [-0.4, -0.2) is 37.7 Å². The van der Waals surface area contributed by atoms with Crippen molar-refractivity contribution in [2.45, 2.75) is 40.4 Å². The lowest BCUT2D eigenvalue weighted by Crippen LogP contribution is -2.54. The second kappa shape index (κ2) is 16.6. The Bertz CT molecular complexity index is 1840. The van der Waals surface area contributed by atoms with Crippen LogP contribution < -0.4 is 33.9 Å². The number of halogens is 1. The van der Waals surface area contributed by atoms with Crippen molar-refractivity contribution in [3.8, 4) is 28.7 Å². The Morgan fingerprint density at radius 2 is 1.33 bits per heavy atom. The predicted octanol–water partition coefficient (Wildman–Crippen LogP) is 7.75. The van der Waals surface area contributed by atoms with E-state index in [-0.39, 0.29) is 17.9 Å². The molecule has 254 valence electrons. The lowest BCUT2D eigenvalue weighted by molar-refractivity contribution is -0.122. The monoisotopic (exact) mass is 684 g/mol. The Hall–Kier alpha value is -5.48. The van der Waals surface area contributed by atoms with Crippen LogP contribution >= 0.6 is 11.6 Å². The zero-order chi connectivity index (χ0) is 34.8.